The molecule has 3 nitrogen and oxygen atoms in total. The summed E-state index contributed by atoms with van der Waals surface area (Å²) in [6.07, 6.45) is 0. The number of nitrogens with one attached hydrogen (secondary N) is 1. The van der Waals surface area contributed by atoms with Crippen LogP contribution in [0.4, 0.5) is 0 Å². The minimum Gasteiger partial charge on any atom is -0.494 e. The Morgan fingerprint density at radius 3 is 2.65 bits per heavy atom. The van der Waals surface area contributed by atoms with E-state index in [2.05, 4.69) is 41.7 Å². The third kappa shape index (κ3) is 4.10. The van der Waals surface area contributed by atoms with Gasteiger partial charge in [-0.2, -0.15) is 0 Å². The maximum absolute atomic E-state index is 5.73. The smallest absolute Gasteiger partial charge is 0.124 e. The van der Waals surface area contributed by atoms with Crippen LogP contribution >= 0.6 is 12.4 Å². The average molecular weight is 296 g/mol. The van der Waals surface area contributed by atoms with Gasteiger partial charge in [0.15, 0.2) is 0 Å². The Kier molecular flexibility index (Phi) is 7.37. The summed E-state index contributed by atoms with van der Waals surface area (Å²) in [5.74, 6) is 0.964. The molecule has 0 radical (unpaired) electrons. The zero-order valence-corrected chi connectivity index (χ0v) is 12.8. The standard InChI is InChI=1S/C16H21NO2.ClH/c1-3-19-16-9-8-13-6-4-5-7-14(13)15(16)12-17-10-11-18-2;/h4-9,17H,3,10-12H2,1-2H3;1H. The van der Waals surface area contributed by atoms with E-state index in [1.165, 1.54) is 16.3 Å². The Balaban J connectivity index is 0.00000200. The minimum atomic E-state index is 0. The summed E-state index contributed by atoms with van der Waals surface area (Å²) in [6.45, 7) is 5.04. The van der Waals surface area contributed by atoms with Crippen LogP contribution in [0.5, 0.6) is 5.75 Å². The van der Waals surface area contributed by atoms with Gasteiger partial charge in [0.2, 0.25) is 0 Å². The summed E-state index contributed by atoms with van der Waals surface area (Å²) in [4.78, 5) is 0. The SMILES string of the molecule is CCOc1ccc2ccccc2c1CNCCOC.Cl. The number of hydrogen-bond acceptors (Lipinski definition) is 3. The molecule has 0 saturated heterocycles. The van der Waals surface area contributed by atoms with Gasteiger partial charge in [-0.25, -0.2) is 0 Å². The van der Waals surface area contributed by atoms with Crippen molar-refractivity contribution in [3.8, 4) is 5.75 Å². The van der Waals surface area contributed by atoms with Crippen LogP contribution in [0.25, 0.3) is 10.8 Å². The van der Waals surface area contributed by atoms with Crippen molar-refractivity contribution in [3.63, 3.8) is 0 Å². The number of fused-ring (bicyclic) bond motifs is 1. The predicted molar refractivity (Wildman–Crippen MR) is 85.9 cm³/mol. The molecule has 0 fully saturated rings. The summed E-state index contributed by atoms with van der Waals surface area (Å²) >= 11 is 0. The first-order valence-electron chi connectivity index (χ1n) is 6.70. The van der Waals surface area contributed by atoms with E-state index in [0.717, 1.165) is 18.8 Å². The second kappa shape index (κ2) is 8.80. The lowest BCUT2D eigenvalue weighted by Gasteiger charge is -2.14. The lowest BCUT2D eigenvalue weighted by atomic mass is 10.0. The fourth-order valence-corrected chi connectivity index (χ4v) is 2.18. The van der Waals surface area contributed by atoms with Gasteiger partial charge in [0.05, 0.1) is 13.2 Å². The van der Waals surface area contributed by atoms with Crippen molar-refractivity contribution in [1.82, 2.24) is 5.32 Å². The van der Waals surface area contributed by atoms with E-state index in [4.69, 9.17) is 9.47 Å². The number of methoxy groups -OCH3 is 1. The largest absolute Gasteiger partial charge is 0.494 e. The first-order chi connectivity index (χ1) is 9.36. The first kappa shape index (κ1) is 16.8. The maximum Gasteiger partial charge on any atom is 0.124 e. The van der Waals surface area contributed by atoms with Crippen LogP contribution in [0.15, 0.2) is 36.4 Å². The van der Waals surface area contributed by atoms with Crippen LogP contribution in [-0.4, -0.2) is 26.9 Å². The summed E-state index contributed by atoms with van der Waals surface area (Å²) in [6, 6.07) is 12.6. The molecule has 0 bridgehead atoms. The fraction of sp³-hybridized carbons (Fsp3) is 0.375. The molecule has 2 rings (SSSR count). The molecular weight excluding hydrogens is 274 g/mol. The Bertz CT molecular complexity index is 531. The molecule has 0 aromatic heterocycles. The van der Waals surface area contributed by atoms with Gasteiger partial charge in [-0.05, 0) is 23.8 Å². The molecule has 4 heteroatoms. The van der Waals surface area contributed by atoms with Crippen molar-refractivity contribution >= 4 is 23.2 Å². The van der Waals surface area contributed by atoms with Crippen LogP contribution < -0.4 is 10.1 Å². The van der Waals surface area contributed by atoms with E-state index >= 15 is 0 Å². The monoisotopic (exact) mass is 295 g/mol. The van der Waals surface area contributed by atoms with Gasteiger partial charge >= 0.3 is 0 Å². The highest BCUT2D eigenvalue weighted by molar-refractivity contribution is 5.87. The van der Waals surface area contributed by atoms with Crippen molar-refractivity contribution in [2.24, 2.45) is 0 Å². The van der Waals surface area contributed by atoms with Gasteiger partial charge in [0.25, 0.3) is 0 Å². The van der Waals surface area contributed by atoms with Gasteiger partial charge < -0.3 is 14.8 Å². The van der Waals surface area contributed by atoms with Gasteiger partial charge in [0, 0.05) is 25.8 Å². The molecule has 0 heterocycles. The van der Waals surface area contributed by atoms with Crippen LogP contribution in [0.3, 0.4) is 0 Å². The van der Waals surface area contributed by atoms with E-state index in [0.29, 0.717) is 13.2 Å². The molecule has 0 aliphatic carbocycles. The quantitative estimate of drug-likeness (QED) is 0.794. The molecule has 110 valence electrons. The van der Waals surface area contributed by atoms with E-state index in [1.807, 2.05) is 6.92 Å². The number of benzene rings is 2. The molecule has 1 N–H and O–H groups in total. The van der Waals surface area contributed by atoms with Gasteiger partial charge in [-0.3, -0.25) is 0 Å². The molecule has 0 spiro atoms. The third-order valence-corrected chi connectivity index (χ3v) is 3.08. The molecule has 20 heavy (non-hydrogen) atoms. The Morgan fingerprint density at radius 1 is 1.10 bits per heavy atom. The molecule has 0 unspecified atom stereocenters. The van der Waals surface area contributed by atoms with Crippen molar-refractivity contribution in [2.75, 3.05) is 26.9 Å². The molecule has 0 atom stereocenters. The highest BCUT2D eigenvalue weighted by Crippen LogP contribution is 2.28. The second-order valence-corrected chi connectivity index (χ2v) is 4.37. The molecule has 2 aromatic carbocycles. The van der Waals surface area contributed by atoms with Crippen molar-refractivity contribution in [3.05, 3.63) is 42.0 Å². The summed E-state index contributed by atoms with van der Waals surface area (Å²) in [7, 11) is 1.71. The zero-order valence-electron chi connectivity index (χ0n) is 12.0. The normalized spacial score (nSPS) is 10.3. The zero-order chi connectivity index (χ0) is 13.5. The molecule has 0 saturated carbocycles. The van der Waals surface area contributed by atoms with Gasteiger partial charge in [-0.1, -0.05) is 30.3 Å². The maximum atomic E-state index is 5.73. The van der Waals surface area contributed by atoms with E-state index in [-0.39, 0.29) is 12.4 Å². The van der Waals surface area contributed by atoms with E-state index in [1.54, 1.807) is 7.11 Å². The number of rotatable bonds is 7. The fourth-order valence-electron chi connectivity index (χ4n) is 2.18. The van der Waals surface area contributed by atoms with Gasteiger partial charge in [0.1, 0.15) is 5.75 Å². The second-order valence-electron chi connectivity index (χ2n) is 4.37. The average Bonchev–Trinajstić information content (AvgIpc) is 2.45. The Hall–Kier alpha value is -1.29. The molecule has 0 aliphatic rings. The van der Waals surface area contributed by atoms with Crippen LogP contribution in [-0.2, 0) is 11.3 Å². The molecule has 2 aromatic rings. The lowest BCUT2D eigenvalue weighted by Crippen LogP contribution is -2.19. The number of hydrogen-bond donors (Lipinski definition) is 1. The van der Waals surface area contributed by atoms with Crippen LogP contribution in [0, 0.1) is 0 Å². The van der Waals surface area contributed by atoms with Crippen molar-refractivity contribution < 1.29 is 9.47 Å². The van der Waals surface area contributed by atoms with Crippen molar-refractivity contribution in [2.45, 2.75) is 13.5 Å². The van der Waals surface area contributed by atoms with E-state index in [9.17, 15) is 0 Å². The lowest BCUT2D eigenvalue weighted by molar-refractivity contribution is 0.199. The summed E-state index contributed by atoms with van der Waals surface area (Å²) < 4.78 is 10.8. The highest BCUT2D eigenvalue weighted by Gasteiger charge is 2.07. The molecular formula is C16H22ClNO2. The Labute approximate surface area is 126 Å². The Morgan fingerprint density at radius 2 is 1.90 bits per heavy atom. The van der Waals surface area contributed by atoms with Crippen LogP contribution in [0.2, 0.25) is 0 Å². The first-order valence-corrected chi connectivity index (χ1v) is 6.70. The molecule has 0 amide bonds. The minimum absolute atomic E-state index is 0. The number of halogens is 1. The van der Waals surface area contributed by atoms with Crippen LogP contribution in [0.1, 0.15) is 12.5 Å². The summed E-state index contributed by atoms with van der Waals surface area (Å²) in [5.41, 5.74) is 1.22. The third-order valence-electron chi connectivity index (χ3n) is 3.08. The summed E-state index contributed by atoms with van der Waals surface area (Å²) in [5, 5.41) is 5.88. The molecule has 0 aliphatic heterocycles. The van der Waals surface area contributed by atoms with Crippen molar-refractivity contribution in [1.29, 1.82) is 0 Å². The van der Waals surface area contributed by atoms with Gasteiger partial charge in [-0.15, -0.1) is 12.4 Å². The highest BCUT2D eigenvalue weighted by atomic mass is 35.5. The predicted octanol–water partition coefficient (Wildman–Crippen LogP) is 3.40. The van der Waals surface area contributed by atoms with E-state index < -0.39 is 0 Å². The number of ether oxygens (including phenoxy) is 2. The topological polar surface area (TPSA) is 30.5 Å².